The molecule has 1 saturated heterocycles. The first-order chi connectivity index (χ1) is 11.8. The van der Waals surface area contributed by atoms with E-state index >= 15 is 0 Å². The molecule has 4 nitrogen and oxygen atoms in total. The number of hydrogen-bond acceptors (Lipinski definition) is 3. The van der Waals surface area contributed by atoms with Crippen molar-refractivity contribution in [3.8, 4) is 0 Å². The Morgan fingerprint density at radius 3 is 2.96 bits per heavy atom. The lowest BCUT2D eigenvalue weighted by Gasteiger charge is -2.33. The third-order valence-corrected chi connectivity index (χ3v) is 6.23. The summed E-state index contributed by atoms with van der Waals surface area (Å²) in [5, 5.41) is 4.11. The fourth-order valence-corrected chi connectivity index (χ4v) is 4.55. The molecule has 1 aliphatic heterocycles. The van der Waals surface area contributed by atoms with E-state index in [1.807, 2.05) is 16.5 Å². The third kappa shape index (κ3) is 3.41. The number of carbonyl (C=O) groups excluding carboxylic acids is 1. The van der Waals surface area contributed by atoms with E-state index in [0.717, 1.165) is 44.0 Å². The molecule has 128 valence electrons. The molecule has 0 radical (unpaired) electrons. The minimum Gasteiger partial charge on any atom is -0.342 e. The highest BCUT2D eigenvalue weighted by molar-refractivity contribution is 7.07. The van der Waals surface area contributed by atoms with Crippen molar-refractivity contribution in [2.24, 2.45) is 5.92 Å². The van der Waals surface area contributed by atoms with Crippen molar-refractivity contribution in [1.82, 2.24) is 14.5 Å². The van der Waals surface area contributed by atoms with E-state index in [2.05, 4.69) is 27.2 Å². The molecule has 2 aliphatic rings. The molecule has 1 atom stereocenters. The highest BCUT2D eigenvalue weighted by atomic mass is 32.1. The Hall–Kier alpha value is -1.62. The Labute approximate surface area is 147 Å². The topological polar surface area (TPSA) is 38.1 Å². The van der Waals surface area contributed by atoms with E-state index in [4.69, 9.17) is 0 Å². The van der Waals surface area contributed by atoms with Gasteiger partial charge in [0, 0.05) is 37.9 Å². The molecule has 2 fully saturated rings. The Balaban J connectivity index is 1.41. The summed E-state index contributed by atoms with van der Waals surface area (Å²) in [6.45, 7) is 2.82. The molecule has 0 N–H and O–H groups in total. The van der Waals surface area contributed by atoms with E-state index in [0.29, 0.717) is 12.3 Å². The fourth-order valence-electron chi connectivity index (χ4n) is 3.88. The van der Waals surface area contributed by atoms with Crippen LogP contribution >= 0.6 is 11.3 Å². The van der Waals surface area contributed by atoms with Gasteiger partial charge in [-0.1, -0.05) is 6.42 Å². The first-order valence-corrected chi connectivity index (χ1v) is 10.0. The van der Waals surface area contributed by atoms with Crippen molar-refractivity contribution in [1.29, 1.82) is 0 Å². The zero-order valence-corrected chi connectivity index (χ0v) is 14.9. The highest BCUT2D eigenvalue weighted by Gasteiger charge is 2.28. The summed E-state index contributed by atoms with van der Waals surface area (Å²) in [6, 6.07) is 2.05. The third-order valence-electron chi connectivity index (χ3n) is 5.50. The summed E-state index contributed by atoms with van der Waals surface area (Å²) in [7, 11) is 0. The summed E-state index contributed by atoms with van der Waals surface area (Å²) >= 11 is 1.66. The van der Waals surface area contributed by atoms with Crippen molar-refractivity contribution in [3.05, 3.63) is 40.6 Å². The maximum atomic E-state index is 12.6. The Morgan fingerprint density at radius 1 is 1.29 bits per heavy atom. The molecular formula is C19H25N3OS. The Morgan fingerprint density at radius 2 is 2.21 bits per heavy atom. The molecule has 1 aliphatic carbocycles. The molecule has 0 bridgehead atoms. The molecule has 3 heterocycles. The van der Waals surface area contributed by atoms with Gasteiger partial charge in [0.2, 0.25) is 5.91 Å². The average Bonchev–Trinajstić information content (AvgIpc) is 3.22. The summed E-state index contributed by atoms with van der Waals surface area (Å²) in [4.78, 5) is 19.3. The van der Waals surface area contributed by atoms with Crippen LogP contribution in [0, 0.1) is 5.92 Å². The fraction of sp³-hybridized carbons (Fsp3) is 0.579. The van der Waals surface area contributed by atoms with Gasteiger partial charge in [0.15, 0.2) is 0 Å². The first-order valence-electron chi connectivity index (χ1n) is 9.09. The smallest absolute Gasteiger partial charge is 0.227 e. The van der Waals surface area contributed by atoms with Crippen LogP contribution in [0.1, 0.15) is 49.4 Å². The molecule has 2 aromatic rings. The van der Waals surface area contributed by atoms with Crippen LogP contribution in [0.25, 0.3) is 0 Å². The van der Waals surface area contributed by atoms with Crippen LogP contribution in [-0.4, -0.2) is 33.4 Å². The van der Waals surface area contributed by atoms with Gasteiger partial charge in [-0.15, -0.1) is 0 Å². The van der Waals surface area contributed by atoms with E-state index in [1.54, 1.807) is 11.3 Å². The van der Waals surface area contributed by atoms with Crippen molar-refractivity contribution < 1.29 is 4.79 Å². The second-order valence-corrected chi connectivity index (χ2v) is 8.00. The molecular weight excluding hydrogens is 318 g/mol. The summed E-state index contributed by atoms with van der Waals surface area (Å²) in [5.74, 6) is 2.67. The number of rotatable bonds is 5. The van der Waals surface area contributed by atoms with Crippen LogP contribution in [0.4, 0.5) is 0 Å². The van der Waals surface area contributed by atoms with Crippen LogP contribution < -0.4 is 0 Å². The number of nitrogens with zero attached hydrogens (tertiary/aromatic N) is 3. The molecule has 4 rings (SSSR count). The standard InChI is InChI=1S/C19H25N3OS/c23-18(11-16-6-10-24-14-16)21-8-2-5-17(13-21)19-20-7-9-22(19)12-15-3-1-4-15/h6-7,9-10,14-15,17H,1-5,8,11-13H2. The SMILES string of the molecule is O=C(Cc1ccsc1)N1CCCC(c2nccn2CC2CCC2)C1. The van der Waals surface area contributed by atoms with E-state index < -0.39 is 0 Å². The van der Waals surface area contributed by atoms with Gasteiger partial charge in [-0.05, 0) is 54.0 Å². The lowest BCUT2D eigenvalue weighted by Crippen LogP contribution is -2.40. The number of amides is 1. The highest BCUT2D eigenvalue weighted by Crippen LogP contribution is 2.31. The average molecular weight is 343 g/mol. The number of hydrogen-bond donors (Lipinski definition) is 0. The van der Waals surface area contributed by atoms with Crippen molar-refractivity contribution in [3.63, 3.8) is 0 Å². The van der Waals surface area contributed by atoms with Crippen LogP contribution in [0.5, 0.6) is 0 Å². The van der Waals surface area contributed by atoms with Gasteiger partial charge < -0.3 is 9.47 Å². The van der Waals surface area contributed by atoms with Gasteiger partial charge >= 0.3 is 0 Å². The van der Waals surface area contributed by atoms with Crippen molar-refractivity contribution >= 4 is 17.2 Å². The maximum Gasteiger partial charge on any atom is 0.227 e. The summed E-state index contributed by atoms with van der Waals surface area (Å²) < 4.78 is 2.35. The molecule has 5 heteroatoms. The monoisotopic (exact) mass is 343 g/mol. The minimum absolute atomic E-state index is 0.259. The van der Waals surface area contributed by atoms with Crippen LogP contribution in [0.15, 0.2) is 29.2 Å². The van der Waals surface area contributed by atoms with Gasteiger partial charge in [-0.2, -0.15) is 11.3 Å². The maximum absolute atomic E-state index is 12.6. The molecule has 1 unspecified atom stereocenters. The summed E-state index contributed by atoms with van der Waals surface area (Å²) in [5.41, 5.74) is 1.14. The molecule has 2 aromatic heterocycles. The van der Waals surface area contributed by atoms with E-state index in [-0.39, 0.29) is 5.91 Å². The van der Waals surface area contributed by atoms with Gasteiger partial charge in [0.05, 0.1) is 6.42 Å². The van der Waals surface area contributed by atoms with Gasteiger partial charge in [-0.25, -0.2) is 4.98 Å². The van der Waals surface area contributed by atoms with Crippen LogP contribution in [0.2, 0.25) is 0 Å². The molecule has 24 heavy (non-hydrogen) atoms. The largest absolute Gasteiger partial charge is 0.342 e. The van der Waals surface area contributed by atoms with Gasteiger partial charge in [-0.3, -0.25) is 4.79 Å². The Kier molecular flexibility index (Phi) is 4.69. The van der Waals surface area contributed by atoms with Crippen molar-refractivity contribution in [2.75, 3.05) is 13.1 Å². The second-order valence-electron chi connectivity index (χ2n) is 7.22. The minimum atomic E-state index is 0.259. The zero-order valence-electron chi connectivity index (χ0n) is 14.1. The van der Waals surface area contributed by atoms with Gasteiger partial charge in [0.25, 0.3) is 0 Å². The van der Waals surface area contributed by atoms with E-state index in [1.165, 1.54) is 25.1 Å². The predicted molar refractivity (Wildman–Crippen MR) is 96.1 cm³/mol. The predicted octanol–water partition coefficient (Wildman–Crippen LogP) is 3.69. The number of piperidine rings is 1. The van der Waals surface area contributed by atoms with Crippen molar-refractivity contribution in [2.45, 2.75) is 51.0 Å². The van der Waals surface area contributed by atoms with Gasteiger partial charge in [0.1, 0.15) is 5.82 Å². The number of likely N-dealkylation sites (tertiary alicyclic amines) is 1. The first kappa shape index (κ1) is 15.9. The number of thiophene rings is 1. The Bertz CT molecular complexity index is 675. The van der Waals surface area contributed by atoms with E-state index in [9.17, 15) is 4.79 Å². The lowest BCUT2D eigenvalue weighted by molar-refractivity contribution is -0.131. The normalized spacial score (nSPS) is 21.7. The lowest BCUT2D eigenvalue weighted by atomic mass is 9.85. The molecule has 1 amide bonds. The second kappa shape index (κ2) is 7.09. The molecule has 0 aromatic carbocycles. The molecule has 1 saturated carbocycles. The number of imidazole rings is 1. The molecule has 0 spiro atoms. The number of carbonyl (C=O) groups is 1. The number of aromatic nitrogens is 2. The quantitative estimate of drug-likeness (QED) is 0.830. The zero-order chi connectivity index (χ0) is 16.4. The van der Waals surface area contributed by atoms with Crippen LogP contribution in [-0.2, 0) is 17.8 Å². The van der Waals surface area contributed by atoms with Crippen LogP contribution in [0.3, 0.4) is 0 Å². The summed E-state index contributed by atoms with van der Waals surface area (Å²) in [6.07, 6.45) is 10.9.